The molecule has 0 spiro atoms. The highest BCUT2D eigenvalue weighted by molar-refractivity contribution is 6.91. The summed E-state index contributed by atoms with van der Waals surface area (Å²) in [6, 6.07) is 11.1. The van der Waals surface area contributed by atoms with Crippen molar-refractivity contribution in [1.29, 1.82) is 0 Å². The van der Waals surface area contributed by atoms with Gasteiger partial charge in [0.05, 0.1) is 19.3 Å². The summed E-state index contributed by atoms with van der Waals surface area (Å²) in [6.07, 6.45) is 8.57. The summed E-state index contributed by atoms with van der Waals surface area (Å²) in [5, 5.41) is 1.55. The quantitative estimate of drug-likeness (QED) is 0.549. The Labute approximate surface area is 155 Å². The molecule has 0 aromatic heterocycles. The molecule has 1 aromatic rings. The van der Waals surface area contributed by atoms with E-state index in [9.17, 15) is 0 Å². The van der Waals surface area contributed by atoms with Gasteiger partial charge in [-0.3, -0.25) is 0 Å². The number of rotatable bonds is 3. The van der Waals surface area contributed by atoms with E-state index in [-0.39, 0.29) is 18.3 Å². The molecule has 2 atom stereocenters. The fraction of sp³-hybridized carbons (Fsp3) is 0.619. The van der Waals surface area contributed by atoms with Crippen LogP contribution in [0.1, 0.15) is 47.0 Å². The Hall–Kier alpha value is -0.838. The Balaban J connectivity index is 1.75. The van der Waals surface area contributed by atoms with Crippen molar-refractivity contribution < 1.29 is 9.31 Å². The molecule has 25 heavy (non-hydrogen) atoms. The van der Waals surface area contributed by atoms with E-state index in [0.29, 0.717) is 11.4 Å². The van der Waals surface area contributed by atoms with Crippen LogP contribution < -0.4 is 5.19 Å². The maximum absolute atomic E-state index is 6.30. The fourth-order valence-electron chi connectivity index (χ4n) is 4.02. The maximum Gasteiger partial charge on any atom is 0.465 e. The van der Waals surface area contributed by atoms with Gasteiger partial charge in [0.25, 0.3) is 0 Å². The maximum atomic E-state index is 6.30. The first-order valence-corrected chi connectivity index (χ1v) is 12.8. The highest BCUT2D eigenvalue weighted by atomic mass is 28.3. The predicted molar refractivity (Wildman–Crippen MR) is 110 cm³/mol. The van der Waals surface area contributed by atoms with Gasteiger partial charge in [0, 0.05) is 5.82 Å². The largest absolute Gasteiger partial charge is 0.465 e. The molecule has 2 aliphatic rings. The molecular weight excluding hydrogens is 323 g/mol. The number of allylic oxidation sites excluding steroid dienone is 2. The third-order valence-corrected chi connectivity index (χ3v) is 10.9. The molecule has 1 aliphatic heterocycles. The lowest BCUT2D eigenvalue weighted by atomic mass is 9.69. The van der Waals surface area contributed by atoms with E-state index in [0.717, 1.165) is 6.42 Å². The van der Waals surface area contributed by atoms with Gasteiger partial charge < -0.3 is 9.31 Å². The molecule has 1 saturated heterocycles. The lowest BCUT2D eigenvalue weighted by molar-refractivity contribution is 0.00578. The second kappa shape index (κ2) is 6.71. The van der Waals surface area contributed by atoms with Crippen LogP contribution in [0, 0.1) is 0 Å². The first-order valence-electron chi connectivity index (χ1n) is 9.73. The van der Waals surface area contributed by atoms with Crippen molar-refractivity contribution in [2.24, 2.45) is 0 Å². The van der Waals surface area contributed by atoms with Crippen LogP contribution in [0.3, 0.4) is 0 Å². The minimum Gasteiger partial charge on any atom is -0.403 e. The number of hydrogen-bond acceptors (Lipinski definition) is 2. The smallest absolute Gasteiger partial charge is 0.403 e. The lowest BCUT2D eigenvalue weighted by Gasteiger charge is -2.32. The Morgan fingerprint density at radius 3 is 2.12 bits per heavy atom. The van der Waals surface area contributed by atoms with Gasteiger partial charge in [-0.15, -0.1) is 0 Å². The van der Waals surface area contributed by atoms with Crippen molar-refractivity contribution in [3.63, 3.8) is 0 Å². The van der Waals surface area contributed by atoms with Crippen LogP contribution in [0.25, 0.3) is 0 Å². The molecule has 1 heterocycles. The Bertz CT molecular complexity index is 608. The second-order valence-electron chi connectivity index (χ2n) is 9.30. The normalized spacial score (nSPS) is 28.8. The molecule has 0 amide bonds. The minimum absolute atomic E-state index is 0.110. The average molecular weight is 356 g/mol. The average Bonchev–Trinajstić information content (AvgIpc) is 2.74. The molecule has 4 heteroatoms. The fourth-order valence-corrected chi connectivity index (χ4v) is 7.01. The van der Waals surface area contributed by atoms with E-state index in [4.69, 9.17) is 9.31 Å². The van der Waals surface area contributed by atoms with Crippen molar-refractivity contribution in [3.8, 4) is 0 Å². The van der Waals surface area contributed by atoms with Crippen LogP contribution in [0.5, 0.6) is 0 Å². The van der Waals surface area contributed by atoms with Crippen molar-refractivity contribution in [3.05, 3.63) is 42.5 Å². The Kier molecular flexibility index (Phi) is 5.09. The summed E-state index contributed by atoms with van der Waals surface area (Å²) in [4.78, 5) is 0. The van der Waals surface area contributed by atoms with Gasteiger partial charge in [0.2, 0.25) is 0 Å². The van der Waals surface area contributed by atoms with Crippen LogP contribution in [0.15, 0.2) is 42.5 Å². The van der Waals surface area contributed by atoms with E-state index < -0.39 is 8.07 Å². The summed E-state index contributed by atoms with van der Waals surface area (Å²) >= 11 is 0. The van der Waals surface area contributed by atoms with Gasteiger partial charge in [-0.05, 0) is 46.1 Å². The second-order valence-corrected chi connectivity index (χ2v) is 14.1. The van der Waals surface area contributed by atoms with Gasteiger partial charge in [0.1, 0.15) is 0 Å². The van der Waals surface area contributed by atoms with Crippen LogP contribution in [-0.4, -0.2) is 26.4 Å². The van der Waals surface area contributed by atoms with Gasteiger partial charge in [-0.25, -0.2) is 0 Å². The molecule has 0 N–H and O–H groups in total. The minimum atomic E-state index is -1.51. The van der Waals surface area contributed by atoms with Gasteiger partial charge in [-0.1, -0.05) is 67.2 Å². The van der Waals surface area contributed by atoms with Crippen molar-refractivity contribution in [2.45, 2.75) is 82.6 Å². The molecular formula is C21H33BO2Si. The zero-order valence-corrected chi connectivity index (χ0v) is 17.7. The molecule has 2 nitrogen and oxygen atoms in total. The Morgan fingerprint density at radius 1 is 0.920 bits per heavy atom. The van der Waals surface area contributed by atoms with Crippen LogP contribution >= 0.6 is 0 Å². The first-order chi connectivity index (χ1) is 11.6. The monoisotopic (exact) mass is 356 g/mol. The third-order valence-electron chi connectivity index (χ3n) is 6.71. The summed E-state index contributed by atoms with van der Waals surface area (Å²) in [6.45, 7) is 13.6. The highest BCUT2D eigenvalue weighted by Crippen LogP contribution is 2.43. The summed E-state index contributed by atoms with van der Waals surface area (Å²) < 4.78 is 12.6. The van der Waals surface area contributed by atoms with Crippen molar-refractivity contribution in [2.75, 3.05) is 0 Å². The summed E-state index contributed by atoms with van der Waals surface area (Å²) in [5.41, 5.74) is 0.201. The zero-order chi connectivity index (χ0) is 18.3. The molecule has 1 aliphatic carbocycles. The Morgan fingerprint density at radius 2 is 1.52 bits per heavy atom. The summed E-state index contributed by atoms with van der Waals surface area (Å²) in [5.74, 6) is 0.367. The molecule has 3 rings (SSSR count). The molecule has 136 valence electrons. The summed E-state index contributed by atoms with van der Waals surface area (Å²) in [7, 11) is -1.61. The first kappa shape index (κ1) is 18.9. The molecule has 1 fully saturated rings. The highest BCUT2D eigenvalue weighted by Gasteiger charge is 2.53. The van der Waals surface area contributed by atoms with Crippen LogP contribution in [0.2, 0.25) is 24.5 Å². The molecule has 0 bridgehead atoms. The lowest BCUT2D eigenvalue weighted by Crippen LogP contribution is -2.45. The number of benzene rings is 1. The van der Waals surface area contributed by atoms with Crippen molar-refractivity contribution in [1.82, 2.24) is 0 Å². The van der Waals surface area contributed by atoms with Crippen molar-refractivity contribution >= 4 is 20.4 Å². The standard InChI is InChI=1S/C21H33BO2Si/c1-20(2)21(3,4)24-22(23-20)17-11-10-14-19(16-15-17)25(5,6)18-12-8-7-9-13-18/h7-9,12-13,15-17,19H,10-11,14H2,1-6H3/t17-,19+/m0/s1. The van der Waals surface area contributed by atoms with E-state index in [1.807, 2.05) is 0 Å². The predicted octanol–water partition coefficient (Wildman–Crippen LogP) is 5.17. The molecule has 1 aromatic carbocycles. The van der Waals surface area contributed by atoms with Crippen LogP contribution in [-0.2, 0) is 9.31 Å². The van der Waals surface area contributed by atoms with E-state index >= 15 is 0 Å². The third kappa shape index (κ3) is 3.67. The van der Waals surface area contributed by atoms with Gasteiger partial charge >= 0.3 is 7.12 Å². The topological polar surface area (TPSA) is 18.5 Å². The van der Waals surface area contributed by atoms with E-state index in [2.05, 4.69) is 83.3 Å². The van der Waals surface area contributed by atoms with Gasteiger partial charge in [0.15, 0.2) is 0 Å². The number of hydrogen-bond donors (Lipinski definition) is 0. The zero-order valence-electron chi connectivity index (χ0n) is 16.7. The van der Waals surface area contributed by atoms with Crippen LogP contribution in [0.4, 0.5) is 0 Å². The molecule has 0 saturated carbocycles. The van der Waals surface area contributed by atoms with E-state index in [1.54, 1.807) is 5.19 Å². The van der Waals surface area contributed by atoms with Gasteiger partial charge in [-0.2, -0.15) is 0 Å². The SMILES string of the molecule is CC1(C)OB([C@@H]2C=C[C@H]([Si](C)(C)c3ccccc3)CCC2)OC1(C)C. The molecule has 0 radical (unpaired) electrons. The van der Waals surface area contributed by atoms with E-state index in [1.165, 1.54) is 12.8 Å². The molecule has 0 unspecified atom stereocenters.